The maximum Gasteiger partial charge on any atom is 0.341 e. The number of carboxylic acid groups (broad SMARTS) is 1. The van der Waals surface area contributed by atoms with Crippen molar-refractivity contribution in [1.29, 1.82) is 0 Å². The first-order chi connectivity index (χ1) is 7.00. The largest absolute Gasteiger partial charge is 0.479 e. The van der Waals surface area contributed by atoms with E-state index in [1.807, 2.05) is 0 Å². The Kier molecular flexibility index (Phi) is 3.51. The molecule has 0 heterocycles. The van der Waals surface area contributed by atoms with Gasteiger partial charge in [0.15, 0.2) is 6.61 Å². The highest BCUT2D eigenvalue weighted by molar-refractivity contribution is 6.33. The first-order valence-electron chi connectivity index (χ1n) is 3.94. The van der Waals surface area contributed by atoms with Gasteiger partial charge in [-0.05, 0) is 18.2 Å². The summed E-state index contributed by atoms with van der Waals surface area (Å²) < 4.78 is 4.45. The molecule has 0 atom stereocenters. The van der Waals surface area contributed by atoms with Gasteiger partial charge >= 0.3 is 11.9 Å². The Bertz CT molecular complexity index is 405. The van der Waals surface area contributed by atoms with E-state index in [1.54, 1.807) is 0 Å². The van der Waals surface area contributed by atoms with Crippen LogP contribution in [-0.2, 0) is 9.53 Å². The molecule has 1 aromatic rings. The molecular weight excluding hydrogens is 222 g/mol. The van der Waals surface area contributed by atoms with Gasteiger partial charge < -0.3 is 15.6 Å². The van der Waals surface area contributed by atoms with Crippen LogP contribution in [0.25, 0.3) is 0 Å². The van der Waals surface area contributed by atoms with Crippen LogP contribution < -0.4 is 5.73 Å². The quantitative estimate of drug-likeness (QED) is 0.600. The standard InChI is InChI=1S/C9H8ClNO4/c10-6-2-1-5(3-7(6)11)9(14)15-4-8(12)13/h1-3H,4,11H2,(H,12,13). The highest BCUT2D eigenvalue weighted by Gasteiger charge is 2.10. The number of aliphatic carboxylic acids is 1. The fraction of sp³-hybridized carbons (Fsp3) is 0.111. The number of ether oxygens (including phenoxy) is 1. The molecular formula is C9H8ClNO4. The number of carbonyl (C=O) groups excluding carboxylic acids is 1. The van der Waals surface area contributed by atoms with Crippen molar-refractivity contribution in [1.82, 2.24) is 0 Å². The van der Waals surface area contributed by atoms with E-state index in [4.69, 9.17) is 22.4 Å². The van der Waals surface area contributed by atoms with Crippen molar-refractivity contribution in [3.05, 3.63) is 28.8 Å². The Labute approximate surface area is 90.4 Å². The number of hydrogen-bond acceptors (Lipinski definition) is 4. The zero-order valence-corrected chi connectivity index (χ0v) is 8.32. The van der Waals surface area contributed by atoms with Crippen LogP contribution in [0.2, 0.25) is 5.02 Å². The normalized spacial score (nSPS) is 9.67. The Balaban J connectivity index is 2.74. The highest BCUT2D eigenvalue weighted by Crippen LogP contribution is 2.19. The molecule has 1 rings (SSSR count). The van der Waals surface area contributed by atoms with E-state index in [0.29, 0.717) is 5.02 Å². The van der Waals surface area contributed by atoms with Gasteiger partial charge in [-0.2, -0.15) is 0 Å². The van der Waals surface area contributed by atoms with Gasteiger partial charge in [-0.1, -0.05) is 11.6 Å². The second-order valence-electron chi connectivity index (χ2n) is 2.71. The van der Waals surface area contributed by atoms with E-state index < -0.39 is 18.5 Å². The smallest absolute Gasteiger partial charge is 0.341 e. The molecule has 1 aromatic carbocycles. The first-order valence-corrected chi connectivity index (χ1v) is 4.32. The maximum atomic E-state index is 11.2. The number of nitrogens with two attached hydrogens (primary N) is 1. The van der Waals surface area contributed by atoms with Crippen molar-refractivity contribution < 1.29 is 19.4 Å². The second-order valence-corrected chi connectivity index (χ2v) is 3.11. The van der Waals surface area contributed by atoms with E-state index in [1.165, 1.54) is 18.2 Å². The molecule has 0 unspecified atom stereocenters. The molecule has 0 aliphatic rings. The van der Waals surface area contributed by atoms with Gasteiger partial charge in [-0.15, -0.1) is 0 Å². The molecule has 0 amide bonds. The summed E-state index contributed by atoms with van der Waals surface area (Å²) in [7, 11) is 0. The number of nitrogen functional groups attached to an aromatic ring is 1. The van der Waals surface area contributed by atoms with E-state index in [9.17, 15) is 9.59 Å². The minimum Gasteiger partial charge on any atom is -0.479 e. The summed E-state index contributed by atoms with van der Waals surface area (Å²) in [4.78, 5) is 21.4. The number of benzene rings is 1. The van der Waals surface area contributed by atoms with Crippen LogP contribution in [0.5, 0.6) is 0 Å². The molecule has 80 valence electrons. The minimum atomic E-state index is -1.22. The average Bonchev–Trinajstić information content (AvgIpc) is 2.18. The molecule has 0 radical (unpaired) electrons. The van der Waals surface area contributed by atoms with Gasteiger partial charge in [-0.25, -0.2) is 9.59 Å². The Morgan fingerprint density at radius 2 is 2.13 bits per heavy atom. The number of halogens is 1. The predicted octanol–water partition coefficient (Wildman–Crippen LogP) is 1.16. The summed E-state index contributed by atoms with van der Waals surface area (Å²) in [6.07, 6.45) is 0. The van der Waals surface area contributed by atoms with Gasteiger partial charge in [0.05, 0.1) is 16.3 Å². The molecule has 3 N–H and O–H groups in total. The molecule has 5 nitrogen and oxygen atoms in total. The van der Waals surface area contributed by atoms with Crippen molar-refractivity contribution in [2.24, 2.45) is 0 Å². The summed E-state index contributed by atoms with van der Waals surface area (Å²) in [5.74, 6) is -1.97. The Morgan fingerprint density at radius 3 is 2.67 bits per heavy atom. The van der Waals surface area contributed by atoms with Crippen molar-refractivity contribution in [2.45, 2.75) is 0 Å². The average molecular weight is 230 g/mol. The van der Waals surface area contributed by atoms with Crippen molar-refractivity contribution in [2.75, 3.05) is 12.3 Å². The molecule has 0 aromatic heterocycles. The number of rotatable bonds is 3. The van der Waals surface area contributed by atoms with Crippen LogP contribution in [-0.4, -0.2) is 23.7 Å². The molecule has 0 fully saturated rings. The van der Waals surface area contributed by atoms with E-state index in [0.717, 1.165) is 0 Å². The summed E-state index contributed by atoms with van der Waals surface area (Å²) in [5, 5.41) is 8.61. The van der Waals surface area contributed by atoms with Crippen LogP contribution in [0.1, 0.15) is 10.4 Å². The number of hydrogen-bond donors (Lipinski definition) is 2. The monoisotopic (exact) mass is 229 g/mol. The third-order valence-electron chi connectivity index (χ3n) is 1.56. The lowest BCUT2D eigenvalue weighted by Crippen LogP contribution is -2.13. The molecule has 0 spiro atoms. The van der Waals surface area contributed by atoms with Gasteiger partial charge in [-0.3, -0.25) is 0 Å². The lowest BCUT2D eigenvalue weighted by atomic mass is 10.2. The minimum absolute atomic E-state index is 0.165. The number of carboxylic acids is 1. The van der Waals surface area contributed by atoms with Crippen LogP contribution in [0, 0.1) is 0 Å². The lowest BCUT2D eigenvalue weighted by molar-refractivity contribution is -0.140. The summed E-state index contributed by atoms with van der Waals surface area (Å²) in [6.45, 7) is -0.679. The number of carbonyl (C=O) groups is 2. The van der Waals surface area contributed by atoms with Crippen molar-refractivity contribution in [3.8, 4) is 0 Å². The summed E-state index contributed by atoms with van der Waals surface area (Å²) in [6, 6.07) is 4.17. The second kappa shape index (κ2) is 4.65. The lowest BCUT2D eigenvalue weighted by Gasteiger charge is -2.03. The van der Waals surface area contributed by atoms with Crippen molar-refractivity contribution >= 4 is 29.2 Å². The molecule has 6 heteroatoms. The van der Waals surface area contributed by atoms with Crippen LogP contribution in [0.4, 0.5) is 5.69 Å². The fourth-order valence-electron chi connectivity index (χ4n) is 0.881. The van der Waals surface area contributed by atoms with Gasteiger partial charge in [0.2, 0.25) is 0 Å². The van der Waals surface area contributed by atoms with Gasteiger partial charge in [0, 0.05) is 0 Å². The van der Waals surface area contributed by atoms with Crippen LogP contribution >= 0.6 is 11.6 Å². The van der Waals surface area contributed by atoms with E-state index >= 15 is 0 Å². The molecule has 0 saturated heterocycles. The van der Waals surface area contributed by atoms with Crippen LogP contribution in [0.15, 0.2) is 18.2 Å². The number of esters is 1. The third-order valence-corrected chi connectivity index (χ3v) is 1.90. The van der Waals surface area contributed by atoms with Gasteiger partial charge in [0.1, 0.15) is 0 Å². The fourth-order valence-corrected chi connectivity index (χ4v) is 0.999. The Hall–Kier alpha value is -1.75. The first kappa shape index (κ1) is 11.3. The number of anilines is 1. The van der Waals surface area contributed by atoms with Crippen LogP contribution in [0.3, 0.4) is 0 Å². The van der Waals surface area contributed by atoms with Crippen molar-refractivity contribution in [3.63, 3.8) is 0 Å². The summed E-state index contributed by atoms with van der Waals surface area (Å²) in [5.41, 5.74) is 5.86. The predicted molar refractivity (Wildman–Crippen MR) is 53.8 cm³/mol. The van der Waals surface area contributed by atoms with E-state index in [-0.39, 0.29) is 11.3 Å². The molecule has 0 aliphatic carbocycles. The highest BCUT2D eigenvalue weighted by atomic mass is 35.5. The molecule has 0 bridgehead atoms. The molecule has 0 aliphatic heterocycles. The zero-order valence-electron chi connectivity index (χ0n) is 7.57. The topological polar surface area (TPSA) is 89.6 Å². The van der Waals surface area contributed by atoms with E-state index in [2.05, 4.69) is 4.74 Å². The zero-order chi connectivity index (χ0) is 11.4. The van der Waals surface area contributed by atoms with Gasteiger partial charge in [0.25, 0.3) is 0 Å². The Morgan fingerprint density at radius 1 is 1.47 bits per heavy atom. The molecule has 15 heavy (non-hydrogen) atoms. The SMILES string of the molecule is Nc1cc(C(=O)OCC(=O)O)ccc1Cl. The third kappa shape index (κ3) is 3.14. The summed E-state index contributed by atoms with van der Waals surface area (Å²) >= 11 is 5.64. The molecule has 0 saturated carbocycles. The maximum absolute atomic E-state index is 11.2.